The van der Waals surface area contributed by atoms with Gasteiger partial charge in [-0.25, -0.2) is 9.78 Å². The molecule has 0 bridgehead atoms. The minimum atomic E-state index is -0.487. The number of carbonyl (C=O) groups excluding carboxylic acids is 1. The molecule has 20 heavy (non-hydrogen) atoms. The maximum atomic E-state index is 11.8. The quantitative estimate of drug-likeness (QED) is 0.892. The van der Waals surface area contributed by atoms with E-state index in [1.54, 1.807) is 6.20 Å². The van der Waals surface area contributed by atoms with Crippen molar-refractivity contribution in [2.75, 3.05) is 0 Å². The Morgan fingerprint density at radius 2 is 2.10 bits per heavy atom. The molecular formula is C15H27N3O2. The van der Waals surface area contributed by atoms with Crippen molar-refractivity contribution < 1.29 is 9.53 Å². The molecule has 1 rings (SSSR count). The van der Waals surface area contributed by atoms with E-state index in [2.05, 4.69) is 28.7 Å². The van der Waals surface area contributed by atoms with Gasteiger partial charge >= 0.3 is 6.09 Å². The first-order chi connectivity index (χ1) is 9.24. The van der Waals surface area contributed by atoms with Crippen LogP contribution in [-0.2, 0) is 4.74 Å². The van der Waals surface area contributed by atoms with Crippen molar-refractivity contribution in [1.82, 2.24) is 14.9 Å². The molecule has 0 aliphatic rings. The summed E-state index contributed by atoms with van der Waals surface area (Å²) in [6.07, 6.45) is 5.42. The van der Waals surface area contributed by atoms with Crippen LogP contribution in [0.5, 0.6) is 0 Å². The van der Waals surface area contributed by atoms with Crippen molar-refractivity contribution >= 4 is 6.09 Å². The van der Waals surface area contributed by atoms with Crippen LogP contribution >= 0.6 is 0 Å². The third-order valence-electron chi connectivity index (χ3n) is 3.05. The van der Waals surface area contributed by atoms with Crippen molar-refractivity contribution in [3.8, 4) is 0 Å². The largest absolute Gasteiger partial charge is 0.444 e. The number of carbonyl (C=O) groups is 1. The van der Waals surface area contributed by atoms with E-state index in [1.807, 2.05) is 34.0 Å². The molecule has 0 aromatic carbocycles. The molecule has 114 valence electrons. The highest BCUT2D eigenvalue weighted by molar-refractivity contribution is 5.68. The summed E-state index contributed by atoms with van der Waals surface area (Å²) in [5.74, 6) is 0. The average Bonchev–Trinajstić information content (AvgIpc) is 2.75. The molecule has 1 aromatic rings. The molecule has 0 aliphatic carbocycles. The van der Waals surface area contributed by atoms with Crippen LogP contribution in [0.15, 0.2) is 12.5 Å². The zero-order valence-electron chi connectivity index (χ0n) is 13.4. The van der Waals surface area contributed by atoms with Gasteiger partial charge in [0, 0.05) is 6.04 Å². The maximum Gasteiger partial charge on any atom is 0.408 e. The Bertz CT molecular complexity index is 435. The summed E-state index contributed by atoms with van der Waals surface area (Å²) in [5, 5.41) is 2.85. The summed E-state index contributed by atoms with van der Waals surface area (Å²) < 4.78 is 7.39. The summed E-state index contributed by atoms with van der Waals surface area (Å²) in [7, 11) is 0. The van der Waals surface area contributed by atoms with Gasteiger partial charge in [0.05, 0.1) is 24.3 Å². The van der Waals surface area contributed by atoms with Crippen molar-refractivity contribution in [2.45, 2.75) is 72.1 Å². The van der Waals surface area contributed by atoms with E-state index in [1.165, 1.54) is 0 Å². The second kappa shape index (κ2) is 6.77. The first kappa shape index (κ1) is 16.5. The average molecular weight is 281 g/mol. The molecule has 1 aromatic heterocycles. The number of nitrogens with one attached hydrogen (secondary N) is 1. The van der Waals surface area contributed by atoms with E-state index in [0.29, 0.717) is 6.04 Å². The van der Waals surface area contributed by atoms with E-state index in [4.69, 9.17) is 4.74 Å². The fraction of sp³-hybridized carbons (Fsp3) is 0.733. The smallest absolute Gasteiger partial charge is 0.408 e. The standard InChI is InChI=1S/C15H27N3O2/c1-7-8-11(2)18-10-16-9-13(18)12(3)17-14(19)20-15(4,5)6/h9-12H,7-8H2,1-6H3,(H,17,19). The maximum absolute atomic E-state index is 11.8. The van der Waals surface area contributed by atoms with Gasteiger partial charge in [0.25, 0.3) is 0 Å². The lowest BCUT2D eigenvalue weighted by molar-refractivity contribution is 0.0505. The molecule has 2 atom stereocenters. The summed E-state index contributed by atoms with van der Waals surface area (Å²) in [5.41, 5.74) is 0.510. The molecule has 0 fully saturated rings. The number of ether oxygens (including phenoxy) is 1. The second-order valence-electron chi connectivity index (χ2n) is 6.23. The van der Waals surface area contributed by atoms with Crippen LogP contribution in [0.3, 0.4) is 0 Å². The van der Waals surface area contributed by atoms with E-state index in [9.17, 15) is 4.79 Å². The SMILES string of the molecule is CCCC(C)n1cncc1C(C)NC(=O)OC(C)(C)C. The van der Waals surface area contributed by atoms with Crippen molar-refractivity contribution in [1.29, 1.82) is 0 Å². The number of hydrogen-bond donors (Lipinski definition) is 1. The van der Waals surface area contributed by atoms with Gasteiger partial charge in [-0.05, 0) is 41.0 Å². The molecule has 1 N–H and O–H groups in total. The predicted molar refractivity (Wildman–Crippen MR) is 79.6 cm³/mol. The molecule has 0 radical (unpaired) electrons. The number of imidazole rings is 1. The van der Waals surface area contributed by atoms with E-state index in [0.717, 1.165) is 18.5 Å². The first-order valence-electron chi connectivity index (χ1n) is 7.25. The number of hydrogen-bond acceptors (Lipinski definition) is 3. The van der Waals surface area contributed by atoms with E-state index in [-0.39, 0.29) is 6.04 Å². The summed E-state index contributed by atoms with van der Waals surface area (Å²) >= 11 is 0. The van der Waals surface area contributed by atoms with Crippen LogP contribution in [0, 0.1) is 0 Å². The van der Waals surface area contributed by atoms with Crippen LogP contribution in [0.2, 0.25) is 0 Å². The molecular weight excluding hydrogens is 254 g/mol. The number of aromatic nitrogens is 2. The Morgan fingerprint density at radius 1 is 1.45 bits per heavy atom. The molecule has 0 spiro atoms. The van der Waals surface area contributed by atoms with Crippen LogP contribution < -0.4 is 5.32 Å². The zero-order chi connectivity index (χ0) is 15.3. The highest BCUT2D eigenvalue weighted by Gasteiger charge is 2.20. The normalized spacial score (nSPS) is 14.7. The lowest BCUT2D eigenvalue weighted by atomic mass is 10.1. The van der Waals surface area contributed by atoms with E-state index >= 15 is 0 Å². The highest BCUT2D eigenvalue weighted by Crippen LogP contribution is 2.20. The highest BCUT2D eigenvalue weighted by atomic mass is 16.6. The van der Waals surface area contributed by atoms with Crippen LogP contribution in [0.4, 0.5) is 4.79 Å². The van der Waals surface area contributed by atoms with Crippen molar-refractivity contribution in [2.24, 2.45) is 0 Å². The summed E-state index contributed by atoms with van der Waals surface area (Å²) in [6.45, 7) is 11.8. The molecule has 1 amide bonds. The summed E-state index contributed by atoms with van der Waals surface area (Å²) in [4.78, 5) is 16.0. The van der Waals surface area contributed by atoms with Crippen molar-refractivity contribution in [3.63, 3.8) is 0 Å². The number of rotatable bonds is 5. The lowest BCUT2D eigenvalue weighted by Gasteiger charge is -2.23. The molecule has 0 saturated heterocycles. The fourth-order valence-corrected chi connectivity index (χ4v) is 2.13. The number of alkyl carbamates (subject to hydrolysis) is 1. The number of nitrogens with zero attached hydrogens (tertiary/aromatic N) is 2. The third kappa shape index (κ3) is 4.87. The molecule has 0 aliphatic heterocycles. The van der Waals surface area contributed by atoms with Gasteiger partial charge in [-0.3, -0.25) is 0 Å². The van der Waals surface area contributed by atoms with Gasteiger partial charge < -0.3 is 14.6 Å². The molecule has 0 saturated carbocycles. The summed E-state index contributed by atoms with van der Waals surface area (Å²) in [6, 6.07) is 0.243. The van der Waals surface area contributed by atoms with Gasteiger partial charge in [-0.2, -0.15) is 0 Å². The lowest BCUT2D eigenvalue weighted by Crippen LogP contribution is -2.34. The molecule has 2 unspecified atom stereocenters. The zero-order valence-corrected chi connectivity index (χ0v) is 13.4. The van der Waals surface area contributed by atoms with Gasteiger partial charge in [0.2, 0.25) is 0 Å². The van der Waals surface area contributed by atoms with E-state index < -0.39 is 11.7 Å². The Kier molecular flexibility index (Phi) is 5.60. The van der Waals surface area contributed by atoms with Crippen molar-refractivity contribution in [3.05, 3.63) is 18.2 Å². The topological polar surface area (TPSA) is 56.2 Å². The van der Waals surface area contributed by atoms with Gasteiger partial charge in [0.1, 0.15) is 5.60 Å². The monoisotopic (exact) mass is 281 g/mol. The van der Waals surface area contributed by atoms with Crippen LogP contribution in [0.25, 0.3) is 0 Å². The Balaban J connectivity index is 2.71. The minimum Gasteiger partial charge on any atom is -0.444 e. The number of amides is 1. The van der Waals surface area contributed by atoms with Crippen LogP contribution in [0.1, 0.15) is 72.2 Å². The van der Waals surface area contributed by atoms with Gasteiger partial charge in [0.15, 0.2) is 0 Å². The predicted octanol–water partition coefficient (Wildman–Crippen LogP) is 3.83. The molecule has 5 nitrogen and oxygen atoms in total. The Labute approximate surface area is 121 Å². The second-order valence-corrected chi connectivity index (χ2v) is 6.23. The van der Waals surface area contributed by atoms with Gasteiger partial charge in [-0.15, -0.1) is 0 Å². The van der Waals surface area contributed by atoms with Crippen LogP contribution in [-0.4, -0.2) is 21.2 Å². The molecule has 1 heterocycles. The fourth-order valence-electron chi connectivity index (χ4n) is 2.13. The Hall–Kier alpha value is -1.52. The van der Waals surface area contributed by atoms with Gasteiger partial charge in [-0.1, -0.05) is 13.3 Å². The minimum absolute atomic E-state index is 0.133. The molecule has 5 heteroatoms. The third-order valence-corrected chi connectivity index (χ3v) is 3.05. The Morgan fingerprint density at radius 3 is 2.65 bits per heavy atom. The first-order valence-corrected chi connectivity index (χ1v) is 7.25.